The lowest BCUT2D eigenvalue weighted by Gasteiger charge is -2.08. The fraction of sp³-hybridized carbons (Fsp3) is 0.143. The van der Waals surface area contributed by atoms with Gasteiger partial charge in [-0.1, -0.05) is 30.3 Å². The van der Waals surface area contributed by atoms with Crippen LogP contribution < -0.4 is 15.6 Å². The van der Waals surface area contributed by atoms with Crippen LogP contribution in [0.2, 0.25) is 0 Å². The lowest BCUT2D eigenvalue weighted by molar-refractivity contribution is 0.0943. The molecule has 1 amide bonds. The Hall–Kier alpha value is -3.54. The number of rotatable bonds is 4. The summed E-state index contributed by atoms with van der Waals surface area (Å²) in [5, 5.41) is 4.31. The van der Waals surface area contributed by atoms with E-state index in [2.05, 4.69) is 10.3 Å². The van der Waals surface area contributed by atoms with Gasteiger partial charge in [-0.25, -0.2) is 0 Å². The summed E-state index contributed by atoms with van der Waals surface area (Å²) < 4.78 is 6.98. The van der Waals surface area contributed by atoms with Gasteiger partial charge in [-0.3, -0.25) is 9.59 Å². The number of amides is 1. The highest BCUT2D eigenvalue weighted by molar-refractivity contribution is 6.07. The number of hydrogen-bond donors (Lipinski definition) is 2. The molecule has 2 aromatic carbocycles. The Bertz CT molecular complexity index is 1220. The zero-order chi connectivity index (χ0) is 19.0. The van der Waals surface area contributed by atoms with E-state index in [1.54, 1.807) is 24.8 Å². The summed E-state index contributed by atoms with van der Waals surface area (Å²) in [6.07, 6.45) is 0. The van der Waals surface area contributed by atoms with Gasteiger partial charge in [0.1, 0.15) is 11.4 Å². The fourth-order valence-electron chi connectivity index (χ4n) is 3.36. The number of benzene rings is 2. The van der Waals surface area contributed by atoms with E-state index in [0.29, 0.717) is 17.6 Å². The molecule has 0 spiro atoms. The number of aromatic nitrogens is 2. The van der Waals surface area contributed by atoms with Crippen LogP contribution in [0.5, 0.6) is 5.75 Å². The second-order valence-corrected chi connectivity index (χ2v) is 6.38. The largest absolute Gasteiger partial charge is 0.497 e. The highest BCUT2D eigenvalue weighted by atomic mass is 16.5. The topological polar surface area (TPSA) is 76.1 Å². The first kappa shape index (κ1) is 16.9. The molecule has 6 nitrogen and oxygen atoms in total. The van der Waals surface area contributed by atoms with Crippen molar-refractivity contribution < 1.29 is 9.53 Å². The SMILES string of the molecule is COc1cccc(CNC(=O)c2cc3c(=O)[nH]c4ccccc4c3n2C)c1. The van der Waals surface area contributed by atoms with Gasteiger partial charge in [0.15, 0.2) is 0 Å². The molecule has 4 aromatic rings. The second kappa shape index (κ2) is 6.64. The smallest absolute Gasteiger partial charge is 0.268 e. The Kier molecular flexibility index (Phi) is 4.16. The summed E-state index contributed by atoms with van der Waals surface area (Å²) >= 11 is 0. The Morgan fingerprint density at radius 2 is 1.93 bits per heavy atom. The Balaban J connectivity index is 1.70. The van der Waals surface area contributed by atoms with Crippen LogP contribution in [0.3, 0.4) is 0 Å². The molecule has 0 aliphatic carbocycles. The molecule has 0 saturated carbocycles. The fourth-order valence-corrected chi connectivity index (χ4v) is 3.36. The highest BCUT2D eigenvalue weighted by Crippen LogP contribution is 2.23. The molecule has 0 bridgehead atoms. The first-order valence-corrected chi connectivity index (χ1v) is 8.60. The van der Waals surface area contributed by atoms with Gasteiger partial charge in [-0.2, -0.15) is 0 Å². The number of nitrogens with zero attached hydrogens (tertiary/aromatic N) is 1. The quantitative estimate of drug-likeness (QED) is 0.587. The van der Waals surface area contributed by atoms with Crippen molar-refractivity contribution in [3.8, 4) is 5.75 Å². The van der Waals surface area contributed by atoms with E-state index < -0.39 is 0 Å². The first-order chi connectivity index (χ1) is 13.1. The number of ether oxygens (including phenoxy) is 1. The van der Waals surface area contributed by atoms with Crippen molar-refractivity contribution in [2.45, 2.75) is 6.54 Å². The predicted molar refractivity (Wildman–Crippen MR) is 105 cm³/mol. The van der Waals surface area contributed by atoms with Crippen molar-refractivity contribution in [2.24, 2.45) is 7.05 Å². The number of aryl methyl sites for hydroxylation is 1. The minimum Gasteiger partial charge on any atom is -0.497 e. The molecule has 2 N–H and O–H groups in total. The second-order valence-electron chi connectivity index (χ2n) is 6.38. The van der Waals surface area contributed by atoms with Gasteiger partial charge in [0.25, 0.3) is 11.5 Å². The molecule has 0 aliphatic heterocycles. The average Bonchev–Trinajstić information content (AvgIpc) is 3.05. The van der Waals surface area contributed by atoms with Crippen LogP contribution in [-0.4, -0.2) is 22.6 Å². The van der Waals surface area contributed by atoms with Gasteiger partial charge in [-0.05, 0) is 29.8 Å². The molecular formula is C21H19N3O3. The van der Waals surface area contributed by atoms with Crippen LogP contribution in [-0.2, 0) is 13.6 Å². The molecular weight excluding hydrogens is 342 g/mol. The molecule has 6 heteroatoms. The third-order valence-electron chi connectivity index (χ3n) is 4.73. The van der Waals surface area contributed by atoms with Gasteiger partial charge in [0.2, 0.25) is 0 Å². The summed E-state index contributed by atoms with van der Waals surface area (Å²) in [4.78, 5) is 28.0. The average molecular weight is 361 g/mol. The van der Waals surface area contributed by atoms with Crippen molar-refractivity contribution in [1.29, 1.82) is 0 Å². The molecule has 2 aromatic heterocycles. The monoisotopic (exact) mass is 361 g/mol. The Labute approximate surface area is 155 Å². The minimum absolute atomic E-state index is 0.203. The number of carbonyl (C=O) groups excluding carboxylic acids is 1. The van der Waals surface area contributed by atoms with Gasteiger partial charge in [-0.15, -0.1) is 0 Å². The number of fused-ring (bicyclic) bond motifs is 3. The van der Waals surface area contributed by atoms with E-state index >= 15 is 0 Å². The van der Waals surface area contributed by atoms with E-state index in [9.17, 15) is 9.59 Å². The number of para-hydroxylation sites is 1. The van der Waals surface area contributed by atoms with E-state index in [1.807, 2.05) is 48.5 Å². The van der Waals surface area contributed by atoms with Crippen LogP contribution in [0.4, 0.5) is 0 Å². The Morgan fingerprint density at radius 1 is 1.11 bits per heavy atom. The third kappa shape index (κ3) is 2.95. The summed E-state index contributed by atoms with van der Waals surface area (Å²) in [5.74, 6) is 0.504. The molecule has 0 fully saturated rings. The first-order valence-electron chi connectivity index (χ1n) is 8.60. The van der Waals surface area contributed by atoms with E-state index in [1.165, 1.54) is 0 Å². The number of methoxy groups -OCH3 is 1. The minimum atomic E-state index is -0.236. The number of pyridine rings is 1. The van der Waals surface area contributed by atoms with Crippen molar-refractivity contribution in [3.05, 3.63) is 76.2 Å². The van der Waals surface area contributed by atoms with Crippen LogP contribution >= 0.6 is 0 Å². The van der Waals surface area contributed by atoms with E-state index in [0.717, 1.165) is 27.7 Å². The van der Waals surface area contributed by atoms with Gasteiger partial charge in [0.05, 0.1) is 23.5 Å². The number of hydrogen-bond acceptors (Lipinski definition) is 3. The molecule has 4 rings (SSSR count). The number of H-pyrrole nitrogens is 1. The standard InChI is InChI=1S/C21H19N3O3/c1-24-18(21(26)22-12-13-6-5-7-14(10-13)27-2)11-16-19(24)15-8-3-4-9-17(15)23-20(16)25/h3-11H,12H2,1-2H3,(H,22,26)(H,23,25). The molecule has 2 heterocycles. The summed E-state index contributed by atoms with van der Waals surface area (Å²) in [6, 6.07) is 16.7. The summed E-state index contributed by atoms with van der Waals surface area (Å²) in [7, 11) is 3.41. The van der Waals surface area contributed by atoms with Crippen LogP contribution in [0, 0.1) is 0 Å². The normalized spacial score (nSPS) is 11.0. The molecule has 0 atom stereocenters. The van der Waals surface area contributed by atoms with Gasteiger partial charge >= 0.3 is 0 Å². The molecule has 0 aliphatic rings. The lowest BCUT2D eigenvalue weighted by atomic mass is 10.1. The zero-order valence-corrected chi connectivity index (χ0v) is 15.1. The molecule has 0 radical (unpaired) electrons. The maximum Gasteiger partial charge on any atom is 0.268 e. The van der Waals surface area contributed by atoms with Crippen molar-refractivity contribution in [2.75, 3.05) is 7.11 Å². The number of nitrogens with one attached hydrogen (secondary N) is 2. The van der Waals surface area contributed by atoms with Crippen molar-refractivity contribution >= 4 is 27.7 Å². The number of aromatic amines is 1. The third-order valence-corrected chi connectivity index (χ3v) is 4.73. The highest BCUT2D eigenvalue weighted by Gasteiger charge is 2.17. The summed E-state index contributed by atoms with van der Waals surface area (Å²) in [5.41, 5.74) is 2.67. The molecule has 136 valence electrons. The van der Waals surface area contributed by atoms with Crippen molar-refractivity contribution in [3.63, 3.8) is 0 Å². The molecule has 0 saturated heterocycles. The van der Waals surface area contributed by atoms with Crippen LogP contribution in [0.15, 0.2) is 59.4 Å². The maximum absolute atomic E-state index is 12.7. The Morgan fingerprint density at radius 3 is 2.74 bits per heavy atom. The van der Waals surface area contributed by atoms with Gasteiger partial charge < -0.3 is 19.6 Å². The molecule has 27 heavy (non-hydrogen) atoms. The van der Waals surface area contributed by atoms with Crippen LogP contribution in [0.25, 0.3) is 21.8 Å². The maximum atomic E-state index is 12.7. The summed E-state index contributed by atoms with van der Waals surface area (Å²) in [6.45, 7) is 0.370. The van der Waals surface area contributed by atoms with E-state index in [4.69, 9.17) is 4.74 Å². The van der Waals surface area contributed by atoms with Crippen molar-refractivity contribution in [1.82, 2.24) is 14.9 Å². The zero-order valence-electron chi connectivity index (χ0n) is 15.1. The molecule has 0 unspecified atom stereocenters. The van der Waals surface area contributed by atoms with E-state index in [-0.39, 0.29) is 11.5 Å². The number of carbonyl (C=O) groups is 1. The van der Waals surface area contributed by atoms with Crippen LogP contribution in [0.1, 0.15) is 16.1 Å². The lowest BCUT2D eigenvalue weighted by Crippen LogP contribution is -2.24. The predicted octanol–water partition coefficient (Wildman–Crippen LogP) is 2.96. The van der Waals surface area contributed by atoms with Gasteiger partial charge in [0, 0.05) is 19.0 Å².